The summed E-state index contributed by atoms with van der Waals surface area (Å²) in [6.45, 7) is 11.8. The van der Waals surface area contributed by atoms with Gasteiger partial charge in [-0.3, -0.25) is 9.59 Å². The summed E-state index contributed by atoms with van der Waals surface area (Å²) in [5.74, 6) is -0.242. The van der Waals surface area contributed by atoms with E-state index < -0.39 is 78.0 Å². The van der Waals surface area contributed by atoms with Crippen molar-refractivity contribution in [1.29, 1.82) is 0 Å². The molecule has 282 valence electrons. The fraction of sp³-hybridized carbons (Fsp3) is 0.895. The molecule has 6 N–H and O–H groups in total. The van der Waals surface area contributed by atoms with E-state index in [0.29, 0.717) is 32.3 Å². The second-order valence-electron chi connectivity index (χ2n) is 18.0. The highest BCUT2D eigenvalue weighted by Crippen LogP contribution is 2.76. The molecule has 0 radical (unpaired) electrons. The minimum absolute atomic E-state index is 0.00597. The smallest absolute Gasteiger partial charge is 0.302 e. The lowest BCUT2D eigenvalue weighted by Gasteiger charge is -2.71. The van der Waals surface area contributed by atoms with E-state index in [1.165, 1.54) is 6.92 Å². The van der Waals surface area contributed by atoms with Crippen LogP contribution in [0.2, 0.25) is 0 Å². The molecule has 7 aliphatic rings. The van der Waals surface area contributed by atoms with Crippen LogP contribution in [-0.4, -0.2) is 111 Å². The number of aliphatic hydroxyl groups is 6. The predicted octanol–water partition coefficient (Wildman–Crippen LogP) is 1.99. The fourth-order valence-electron chi connectivity index (χ4n) is 13.3. The van der Waals surface area contributed by atoms with Crippen LogP contribution in [0.3, 0.4) is 0 Å². The van der Waals surface area contributed by atoms with Gasteiger partial charge >= 0.3 is 5.97 Å². The summed E-state index contributed by atoms with van der Waals surface area (Å²) in [7, 11) is 0. The average molecular weight is 707 g/mol. The van der Waals surface area contributed by atoms with Crippen LogP contribution in [0.1, 0.15) is 92.9 Å². The third-order valence-corrected chi connectivity index (χ3v) is 15.8. The van der Waals surface area contributed by atoms with Crippen LogP contribution in [0.4, 0.5) is 0 Å². The zero-order chi connectivity index (χ0) is 36.3. The molecule has 4 saturated carbocycles. The highest BCUT2D eigenvalue weighted by atomic mass is 16.7. The number of carbonyl (C=O) groups excluding carboxylic acids is 2. The van der Waals surface area contributed by atoms with E-state index in [1.54, 1.807) is 0 Å². The molecule has 2 saturated heterocycles. The zero-order valence-electron chi connectivity index (χ0n) is 30.3. The summed E-state index contributed by atoms with van der Waals surface area (Å²) in [6.07, 6.45) is -4.84. The Morgan fingerprint density at radius 2 is 1.68 bits per heavy atom. The van der Waals surface area contributed by atoms with Gasteiger partial charge in [-0.2, -0.15) is 0 Å². The number of rotatable bonds is 5. The number of aliphatic hydroxyl groups excluding tert-OH is 6. The zero-order valence-corrected chi connectivity index (χ0v) is 30.3. The maximum Gasteiger partial charge on any atom is 0.302 e. The van der Waals surface area contributed by atoms with Gasteiger partial charge in [-0.05, 0) is 84.9 Å². The van der Waals surface area contributed by atoms with Crippen molar-refractivity contribution in [2.75, 3.05) is 19.8 Å². The van der Waals surface area contributed by atoms with E-state index in [4.69, 9.17) is 18.9 Å². The molecule has 7 rings (SSSR count). The number of fused-ring (bicyclic) bond motifs is 5. The van der Waals surface area contributed by atoms with Gasteiger partial charge in [0.1, 0.15) is 36.6 Å². The third-order valence-electron chi connectivity index (χ3n) is 15.8. The minimum atomic E-state index is -1.62. The summed E-state index contributed by atoms with van der Waals surface area (Å²) in [5.41, 5.74) is -0.796. The molecule has 0 aromatic carbocycles. The summed E-state index contributed by atoms with van der Waals surface area (Å²) in [6, 6.07) is 0. The van der Waals surface area contributed by atoms with Crippen LogP contribution >= 0.6 is 0 Å². The number of hydrogen-bond acceptors (Lipinski definition) is 12. The molecule has 1 spiro atoms. The first kappa shape index (κ1) is 36.9. The Morgan fingerprint density at radius 1 is 0.960 bits per heavy atom. The molecule has 0 amide bonds. The minimum Gasteiger partial charge on any atom is -0.460 e. The Hall–Kier alpha value is -1.48. The van der Waals surface area contributed by atoms with E-state index in [-0.39, 0.29) is 46.9 Å². The molecule has 0 aromatic rings. The van der Waals surface area contributed by atoms with Crippen molar-refractivity contribution in [1.82, 2.24) is 0 Å². The van der Waals surface area contributed by atoms with Crippen molar-refractivity contribution >= 4 is 11.8 Å². The molecular weight excluding hydrogens is 648 g/mol. The largest absolute Gasteiger partial charge is 0.460 e. The van der Waals surface area contributed by atoms with Gasteiger partial charge in [-0.1, -0.05) is 40.2 Å². The molecule has 16 atom stereocenters. The van der Waals surface area contributed by atoms with E-state index in [0.717, 1.165) is 36.8 Å². The molecule has 12 nitrogen and oxygen atoms in total. The van der Waals surface area contributed by atoms with Gasteiger partial charge in [0.2, 0.25) is 0 Å². The average Bonchev–Trinajstić information content (AvgIpc) is 3.38. The Kier molecular flexibility index (Phi) is 9.05. The Labute approximate surface area is 294 Å². The molecule has 5 aliphatic carbocycles. The van der Waals surface area contributed by atoms with Crippen molar-refractivity contribution < 1.29 is 59.2 Å². The predicted molar refractivity (Wildman–Crippen MR) is 177 cm³/mol. The summed E-state index contributed by atoms with van der Waals surface area (Å²) in [5, 5.41) is 64.6. The molecule has 0 aromatic heterocycles. The van der Waals surface area contributed by atoms with Crippen molar-refractivity contribution in [2.45, 2.75) is 142 Å². The first-order chi connectivity index (χ1) is 23.4. The summed E-state index contributed by atoms with van der Waals surface area (Å²) < 4.78 is 24.2. The third kappa shape index (κ3) is 4.75. The summed E-state index contributed by atoms with van der Waals surface area (Å²) in [4.78, 5) is 26.7. The lowest BCUT2D eigenvalue weighted by molar-refractivity contribution is -0.344. The van der Waals surface area contributed by atoms with Crippen molar-refractivity contribution in [3.8, 4) is 0 Å². The lowest BCUT2D eigenvalue weighted by Crippen LogP contribution is -2.70. The van der Waals surface area contributed by atoms with Gasteiger partial charge in [0.25, 0.3) is 0 Å². The molecule has 2 heterocycles. The lowest BCUT2D eigenvalue weighted by atomic mass is 9.34. The second kappa shape index (κ2) is 12.3. The van der Waals surface area contributed by atoms with Crippen LogP contribution in [0.5, 0.6) is 0 Å². The molecule has 50 heavy (non-hydrogen) atoms. The van der Waals surface area contributed by atoms with Gasteiger partial charge < -0.3 is 49.6 Å². The van der Waals surface area contributed by atoms with Crippen LogP contribution < -0.4 is 0 Å². The number of hydrogen-bond donors (Lipinski definition) is 6. The van der Waals surface area contributed by atoms with E-state index in [1.807, 2.05) is 13.8 Å². The molecule has 0 unspecified atom stereocenters. The number of esters is 1. The topological polar surface area (TPSA) is 192 Å². The monoisotopic (exact) mass is 706 g/mol. The number of ether oxygens (including phenoxy) is 4. The molecular formula is C38H58O12. The van der Waals surface area contributed by atoms with Crippen LogP contribution in [0.15, 0.2) is 11.1 Å². The normalized spacial score (nSPS) is 52.7. The number of allylic oxidation sites excluding steroid dienone is 1. The fourth-order valence-corrected chi connectivity index (χ4v) is 13.3. The van der Waals surface area contributed by atoms with Crippen LogP contribution in [0.25, 0.3) is 0 Å². The maximum atomic E-state index is 14.0. The Balaban J connectivity index is 1.27. The quantitative estimate of drug-likeness (QED) is 0.180. The molecule has 2 aliphatic heterocycles. The Morgan fingerprint density at radius 3 is 2.34 bits per heavy atom. The van der Waals surface area contributed by atoms with E-state index in [2.05, 4.69) is 20.8 Å². The number of ketones is 1. The van der Waals surface area contributed by atoms with Crippen molar-refractivity contribution in [2.24, 2.45) is 50.7 Å². The Bertz CT molecular complexity index is 1410. The maximum absolute atomic E-state index is 14.0. The van der Waals surface area contributed by atoms with Gasteiger partial charge in [0, 0.05) is 30.9 Å². The SMILES string of the molecule is CC(=O)O[C@@H]1C[C@]2(CO)[C@H]3CCC4=C5C(=O)C[C@H]6[C@H](C)CO[C@@H](O)[C@@]56CC[C@@]4(C)[C@]3(C)CC[C@H]2C(C)(C)[C@H]1O[C@@H]1O[C@H](CO)[C@@H](O)[C@H](O)[C@H]1O. The standard InChI is InChI=1S/C38H58O12/c1-18-16-47-33(46)38-12-11-35(5)20(27(38)22(42)13-21(18)38)7-8-26-36(35,6)10-9-25-34(3,4)31(23(48-19(2)41)14-37(25,26)17-40)50-32-30(45)29(44)28(43)24(15-39)49-32/h18,21,23-26,28-33,39-40,43-46H,7-17H2,1-6H3/t18-,21+,23-,24-,25+,26+,28-,29+,30-,31+,32+,33-,35-,36-,37-,38-/m1/s1. The van der Waals surface area contributed by atoms with E-state index >= 15 is 0 Å². The van der Waals surface area contributed by atoms with Gasteiger partial charge in [0.05, 0.1) is 18.6 Å². The number of carbonyl (C=O) groups is 2. The van der Waals surface area contributed by atoms with Crippen molar-refractivity contribution in [3.63, 3.8) is 0 Å². The van der Waals surface area contributed by atoms with Crippen LogP contribution in [-0.2, 0) is 28.5 Å². The van der Waals surface area contributed by atoms with Gasteiger partial charge in [-0.15, -0.1) is 0 Å². The first-order valence-corrected chi connectivity index (χ1v) is 18.8. The highest BCUT2D eigenvalue weighted by Gasteiger charge is 2.73. The van der Waals surface area contributed by atoms with Crippen LogP contribution in [0, 0.1) is 50.7 Å². The number of Topliss-reactive ketones (excluding diaryl/α,β-unsaturated/α-hetero) is 1. The molecule has 12 heteroatoms. The summed E-state index contributed by atoms with van der Waals surface area (Å²) >= 11 is 0. The molecule has 6 fully saturated rings. The van der Waals surface area contributed by atoms with Gasteiger partial charge in [0.15, 0.2) is 18.4 Å². The highest BCUT2D eigenvalue weighted by molar-refractivity contribution is 6.01. The van der Waals surface area contributed by atoms with Gasteiger partial charge in [-0.25, -0.2) is 0 Å². The molecule has 0 bridgehead atoms. The first-order valence-electron chi connectivity index (χ1n) is 18.8. The van der Waals surface area contributed by atoms with E-state index in [9.17, 15) is 40.2 Å². The van der Waals surface area contributed by atoms with Crippen molar-refractivity contribution in [3.05, 3.63) is 11.1 Å². The second-order valence-corrected chi connectivity index (χ2v) is 18.0.